The van der Waals surface area contributed by atoms with Crippen molar-refractivity contribution >= 4 is 11.9 Å². The highest BCUT2D eigenvalue weighted by atomic mass is 16.5. The minimum absolute atomic E-state index is 0.0950. The van der Waals surface area contributed by atoms with Crippen LogP contribution in [0.25, 0.3) is 0 Å². The van der Waals surface area contributed by atoms with E-state index in [0.717, 1.165) is 6.42 Å². The average molecular weight is 274 g/mol. The van der Waals surface area contributed by atoms with Crippen LogP contribution in [0.5, 0.6) is 0 Å². The zero-order chi connectivity index (χ0) is 15.2. The van der Waals surface area contributed by atoms with Gasteiger partial charge < -0.3 is 21.3 Å². The second kappa shape index (κ2) is 8.12. The molecule has 6 nitrogen and oxygen atoms in total. The molecule has 0 aliphatic rings. The predicted octanol–water partition coefficient (Wildman–Crippen LogP) is 0.730. The average Bonchev–Trinajstić information content (AvgIpc) is 2.25. The van der Waals surface area contributed by atoms with Crippen molar-refractivity contribution < 1.29 is 19.4 Å². The summed E-state index contributed by atoms with van der Waals surface area (Å²) >= 11 is 0. The summed E-state index contributed by atoms with van der Waals surface area (Å²) in [6.45, 7) is 7.20. The molecule has 0 aromatic heterocycles. The maximum absolute atomic E-state index is 11.8. The molecule has 0 spiro atoms. The van der Waals surface area contributed by atoms with Gasteiger partial charge in [0.15, 0.2) is 0 Å². The van der Waals surface area contributed by atoms with Gasteiger partial charge in [0.1, 0.15) is 12.1 Å². The second-order valence-corrected chi connectivity index (χ2v) is 5.46. The molecule has 0 amide bonds. The van der Waals surface area contributed by atoms with Gasteiger partial charge in [0.25, 0.3) is 0 Å². The minimum Gasteiger partial charge on any atom is -0.480 e. The molecule has 112 valence electrons. The minimum atomic E-state index is -1.20. The zero-order valence-corrected chi connectivity index (χ0v) is 12.1. The van der Waals surface area contributed by atoms with E-state index in [-0.39, 0.29) is 12.0 Å². The number of hydrogen-bond acceptors (Lipinski definition) is 5. The number of carboxylic acids is 1. The predicted molar refractivity (Wildman–Crippen MR) is 72.4 cm³/mol. The Labute approximate surface area is 114 Å². The molecule has 0 saturated carbocycles. The van der Waals surface area contributed by atoms with Gasteiger partial charge in [-0.05, 0) is 32.6 Å². The Balaban J connectivity index is 4.23. The van der Waals surface area contributed by atoms with Gasteiger partial charge >= 0.3 is 11.9 Å². The highest BCUT2D eigenvalue weighted by Crippen LogP contribution is 2.18. The lowest BCUT2D eigenvalue weighted by atomic mass is 9.92. The fraction of sp³-hybridized carbons (Fsp3) is 0.846. The van der Waals surface area contributed by atoms with Gasteiger partial charge in [-0.25, -0.2) is 0 Å². The molecular formula is C13H26N2O4. The lowest BCUT2D eigenvalue weighted by molar-refractivity contribution is -0.157. The third-order valence-electron chi connectivity index (χ3n) is 3.03. The molecule has 5 atom stereocenters. The summed E-state index contributed by atoms with van der Waals surface area (Å²) in [7, 11) is 0. The van der Waals surface area contributed by atoms with Gasteiger partial charge in [-0.3, -0.25) is 9.59 Å². The van der Waals surface area contributed by atoms with Crippen molar-refractivity contribution in [2.75, 3.05) is 0 Å². The molecule has 0 aliphatic carbocycles. The van der Waals surface area contributed by atoms with E-state index in [1.807, 2.05) is 13.8 Å². The van der Waals surface area contributed by atoms with E-state index in [1.54, 1.807) is 6.92 Å². The number of carboxylic acid groups (broad SMARTS) is 1. The lowest BCUT2D eigenvalue weighted by Crippen LogP contribution is -2.43. The topological polar surface area (TPSA) is 116 Å². The summed E-state index contributed by atoms with van der Waals surface area (Å²) in [6, 6.07) is -1.10. The largest absolute Gasteiger partial charge is 0.480 e. The van der Waals surface area contributed by atoms with Gasteiger partial charge in [-0.2, -0.15) is 0 Å². The van der Waals surface area contributed by atoms with Crippen LogP contribution in [0, 0.1) is 11.8 Å². The van der Waals surface area contributed by atoms with Crippen LogP contribution in [0.15, 0.2) is 0 Å². The molecule has 0 radical (unpaired) electrons. The van der Waals surface area contributed by atoms with Crippen LogP contribution in [-0.2, 0) is 14.3 Å². The van der Waals surface area contributed by atoms with Gasteiger partial charge in [0.2, 0.25) is 0 Å². The fourth-order valence-electron chi connectivity index (χ4n) is 2.00. The number of rotatable bonds is 8. The summed E-state index contributed by atoms with van der Waals surface area (Å²) in [5.41, 5.74) is 11.1. The third-order valence-corrected chi connectivity index (χ3v) is 3.03. The van der Waals surface area contributed by atoms with E-state index in [0.29, 0.717) is 12.3 Å². The first-order valence-electron chi connectivity index (χ1n) is 6.59. The molecule has 6 heteroatoms. The van der Waals surface area contributed by atoms with E-state index in [1.165, 1.54) is 6.92 Å². The molecule has 0 aromatic carbocycles. The monoisotopic (exact) mass is 274 g/mol. The van der Waals surface area contributed by atoms with Gasteiger partial charge in [-0.1, -0.05) is 13.8 Å². The molecule has 19 heavy (non-hydrogen) atoms. The highest BCUT2D eigenvalue weighted by molar-refractivity contribution is 5.76. The third kappa shape index (κ3) is 7.12. The number of carbonyl (C=O) groups excluding carboxylic acids is 1. The first kappa shape index (κ1) is 17.9. The van der Waals surface area contributed by atoms with Crippen LogP contribution in [0.4, 0.5) is 0 Å². The van der Waals surface area contributed by atoms with Crippen LogP contribution in [-0.4, -0.2) is 35.2 Å². The van der Waals surface area contributed by atoms with Crippen LogP contribution < -0.4 is 11.5 Å². The number of carbonyl (C=O) groups is 2. The molecule has 0 fully saturated rings. The summed E-state index contributed by atoms with van der Waals surface area (Å²) in [5.74, 6) is -1.58. The first-order chi connectivity index (χ1) is 8.65. The van der Waals surface area contributed by atoms with Crippen molar-refractivity contribution in [3.05, 3.63) is 0 Å². The van der Waals surface area contributed by atoms with E-state index < -0.39 is 24.1 Å². The molecule has 0 saturated heterocycles. The Morgan fingerprint density at radius 3 is 2.05 bits per heavy atom. The molecule has 5 N–H and O–H groups in total. The number of nitrogens with two attached hydrogens (primary N) is 2. The van der Waals surface area contributed by atoms with Crippen molar-refractivity contribution in [1.29, 1.82) is 0 Å². The molecule has 4 unspecified atom stereocenters. The van der Waals surface area contributed by atoms with Crippen molar-refractivity contribution in [2.24, 2.45) is 23.3 Å². The smallest absolute Gasteiger partial charge is 0.324 e. The van der Waals surface area contributed by atoms with Gasteiger partial charge in [0, 0.05) is 6.04 Å². The number of aliphatic carboxylic acids is 1. The van der Waals surface area contributed by atoms with Crippen molar-refractivity contribution in [3.63, 3.8) is 0 Å². The highest BCUT2D eigenvalue weighted by Gasteiger charge is 2.26. The van der Waals surface area contributed by atoms with E-state index in [2.05, 4.69) is 0 Å². The van der Waals surface area contributed by atoms with Crippen LogP contribution in [0.1, 0.15) is 40.5 Å². The van der Waals surface area contributed by atoms with Crippen LogP contribution in [0.2, 0.25) is 0 Å². The van der Waals surface area contributed by atoms with Gasteiger partial charge in [-0.15, -0.1) is 0 Å². The number of ether oxygens (including phenoxy) is 1. The van der Waals surface area contributed by atoms with E-state index in [4.69, 9.17) is 21.3 Å². The van der Waals surface area contributed by atoms with Gasteiger partial charge in [0.05, 0.1) is 5.92 Å². The lowest BCUT2D eigenvalue weighted by Gasteiger charge is -2.21. The SMILES string of the molecule is CC(N)CC(C)CC(C)C(=O)OC(C)[C@H](N)C(=O)O. The maximum atomic E-state index is 11.8. The van der Waals surface area contributed by atoms with E-state index >= 15 is 0 Å². The number of hydrogen-bond donors (Lipinski definition) is 3. The summed E-state index contributed by atoms with van der Waals surface area (Å²) < 4.78 is 5.07. The zero-order valence-electron chi connectivity index (χ0n) is 12.1. The van der Waals surface area contributed by atoms with Crippen molar-refractivity contribution in [1.82, 2.24) is 0 Å². The normalized spacial score (nSPS) is 19.1. The Kier molecular flexibility index (Phi) is 7.63. The summed E-state index contributed by atoms with van der Waals surface area (Å²) in [4.78, 5) is 22.5. The Bertz CT molecular complexity index is 307. The fourth-order valence-corrected chi connectivity index (χ4v) is 2.00. The van der Waals surface area contributed by atoms with Crippen molar-refractivity contribution in [3.8, 4) is 0 Å². The molecular weight excluding hydrogens is 248 g/mol. The standard InChI is InChI=1S/C13H26N2O4/c1-7(6-9(3)14)5-8(2)13(18)19-10(4)11(15)12(16)17/h7-11H,5-6,14-15H2,1-4H3,(H,16,17)/t7?,8?,9?,10?,11-/m0/s1. The molecule has 0 aliphatic heterocycles. The second-order valence-electron chi connectivity index (χ2n) is 5.46. The summed E-state index contributed by atoms with van der Waals surface area (Å²) in [5, 5.41) is 8.72. The summed E-state index contributed by atoms with van der Waals surface area (Å²) in [6.07, 6.45) is 0.660. The van der Waals surface area contributed by atoms with Crippen LogP contribution in [0.3, 0.4) is 0 Å². The van der Waals surface area contributed by atoms with Crippen LogP contribution >= 0.6 is 0 Å². The molecule has 0 aromatic rings. The van der Waals surface area contributed by atoms with E-state index in [9.17, 15) is 9.59 Å². The Morgan fingerprint density at radius 1 is 1.11 bits per heavy atom. The Hall–Kier alpha value is -1.14. The molecule has 0 heterocycles. The molecule has 0 rings (SSSR count). The molecule has 0 bridgehead atoms. The quantitative estimate of drug-likeness (QED) is 0.562. The maximum Gasteiger partial charge on any atom is 0.324 e. The first-order valence-corrected chi connectivity index (χ1v) is 6.59. The number of esters is 1. The van der Waals surface area contributed by atoms with Crippen molar-refractivity contribution in [2.45, 2.75) is 58.7 Å². The Morgan fingerprint density at radius 2 is 1.63 bits per heavy atom.